The summed E-state index contributed by atoms with van der Waals surface area (Å²) >= 11 is 5.43. The molecule has 3 heterocycles. The van der Waals surface area contributed by atoms with E-state index in [1.54, 1.807) is 18.2 Å². The fraction of sp³-hybridized carbons (Fsp3) is 0.214. The van der Waals surface area contributed by atoms with E-state index in [1.165, 1.54) is 13.0 Å². The van der Waals surface area contributed by atoms with Gasteiger partial charge in [-0.25, -0.2) is 0 Å². The van der Waals surface area contributed by atoms with Crippen LogP contribution in [-0.2, 0) is 9.45 Å². The smallest absolute Gasteiger partial charge is 0.626 e. The van der Waals surface area contributed by atoms with E-state index >= 15 is 0 Å². The molecule has 5 nitrogen and oxygen atoms in total. The monoisotopic (exact) mass is 339 g/mol. The number of hydrogen-bond acceptors (Lipinski definition) is 3. The molecule has 0 unspecified atom stereocenters. The molecular weight excluding hydrogens is 326 g/mol. The van der Waals surface area contributed by atoms with E-state index in [0.717, 1.165) is 10.0 Å². The van der Waals surface area contributed by atoms with E-state index in [2.05, 4.69) is 10.3 Å². The van der Waals surface area contributed by atoms with Gasteiger partial charge in [0.25, 0.3) is 5.65 Å². The fourth-order valence-corrected chi connectivity index (χ4v) is 2.69. The third kappa shape index (κ3) is 2.74. The number of aryl methyl sites for hydroxylation is 1. The van der Waals surface area contributed by atoms with E-state index in [4.69, 9.17) is 16.3 Å². The predicted octanol–water partition coefficient (Wildman–Crippen LogP) is 2.62. The van der Waals surface area contributed by atoms with Crippen molar-refractivity contribution in [2.24, 2.45) is 0 Å². The molecule has 2 aromatic rings. The molecule has 0 atom stereocenters. The molecule has 3 rings (SSSR count). The van der Waals surface area contributed by atoms with Gasteiger partial charge in [-0.1, -0.05) is 0 Å². The maximum absolute atomic E-state index is 14.4. The lowest BCUT2D eigenvalue weighted by Crippen LogP contribution is -2.64. The SMILES string of the molecule is CC1=Cc2cc(C)c3ccc(NC(=O)CCl)nc3[n+]2[B-](F)(F)O1. The molecule has 0 saturated heterocycles. The highest BCUT2D eigenvalue weighted by atomic mass is 35.5. The second-order valence-corrected chi connectivity index (χ2v) is 5.57. The van der Waals surface area contributed by atoms with Crippen LogP contribution in [-0.4, -0.2) is 23.8 Å². The van der Waals surface area contributed by atoms with Crippen molar-refractivity contribution in [1.29, 1.82) is 0 Å². The zero-order valence-corrected chi connectivity index (χ0v) is 13.2. The second-order valence-electron chi connectivity index (χ2n) is 5.31. The molecular formula is C14H13BClF2N3O2. The molecule has 9 heteroatoms. The first-order valence-electron chi connectivity index (χ1n) is 6.92. The van der Waals surface area contributed by atoms with Crippen LogP contribution in [0.4, 0.5) is 14.4 Å². The minimum Gasteiger partial charge on any atom is -0.626 e. The van der Waals surface area contributed by atoms with Crippen LogP contribution in [0.3, 0.4) is 0 Å². The predicted molar refractivity (Wildman–Crippen MR) is 84.1 cm³/mol. The van der Waals surface area contributed by atoms with Crippen LogP contribution in [0.15, 0.2) is 24.0 Å². The van der Waals surface area contributed by atoms with Crippen LogP contribution in [0.5, 0.6) is 0 Å². The summed E-state index contributed by atoms with van der Waals surface area (Å²) in [7, 11) is -4.30. The Kier molecular flexibility index (Phi) is 3.71. The minimum absolute atomic E-state index is 0.0427. The molecule has 1 aliphatic heterocycles. The number of alkyl halides is 1. The highest BCUT2D eigenvalue weighted by Crippen LogP contribution is 2.25. The number of fused-ring (bicyclic) bond motifs is 3. The van der Waals surface area contributed by atoms with Gasteiger partial charge in [-0.2, -0.15) is 0 Å². The molecule has 120 valence electrons. The molecule has 1 amide bonds. The Balaban J connectivity index is 2.28. The number of carbonyl (C=O) groups is 1. The number of amides is 1. The molecule has 0 aromatic carbocycles. The van der Waals surface area contributed by atoms with Crippen molar-refractivity contribution in [3.63, 3.8) is 0 Å². The van der Waals surface area contributed by atoms with Gasteiger partial charge in [0.2, 0.25) is 11.7 Å². The van der Waals surface area contributed by atoms with Crippen LogP contribution in [0.1, 0.15) is 18.2 Å². The van der Waals surface area contributed by atoms with Crippen molar-refractivity contribution >= 4 is 47.5 Å². The standard InChI is InChI=1S/C14H13BClF2N3O2/c1-8-5-10-6-9(2)23-15(17,18)21(10)14-11(8)3-4-12(20-14)19-13(22)7-16/h3-6H,7H2,1-2H3,(H,19,20,22). The average molecular weight is 340 g/mol. The van der Waals surface area contributed by atoms with Gasteiger partial charge in [0.15, 0.2) is 0 Å². The van der Waals surface area contributed by atoms with Gasteiger partial charge in [-0.3, -0.25) is 10.1 Å². The van der Waals surface area contributed by atoms with E-state index in [1.807, 2.05) is 6.92 Å². The summed E-state index contributed by atoms with van der Waals surface area (Å²) in [5.41, 5.74) is 1.14. The van der Waals surface area contributed by atoms with E-state index < -0.39 is 12.9 Å². The van der Waals surface area contributed by atoms with Crippen molar-refractivity contribution in [3.8, 4) is 0 Å². The van der Waals surface area contributed by atoms with Gasteiger partial charge in [0, 0.05) is 12.1 Å². The maximum atomic E-state index is 14.4. The molecule has 0 bridgehead atoms. The number of allylic oxidation sites excluding steroid dienone is 1. The molecule has 0 aliphatic carbocycles. The maximum Gasteiger partial charge on any atom is 0.734 e. The van der Waals surface area contributed by atoms with Crippen LogP contribution in [0.2, 0.25) is 0 Å². The van der Waals surface area contributed by atoms with Crippen LogP contribution in [0, 0.1) is 6.92 Å². The zero-order chi connectivity index (χ0) is 16.8. The summed E-state index contributed by atoms with van der Waals surface area (Å²) in [5, 5.41) is 3.01. The van der Waals surface area contributed by atoms with E-state index in [9.17, 15) is 13.4 Å². The summed E-state index contributed by atoms with van der Waals surface area (Å²) in [6.07, 6.45) is 1.53. The van der Waals surface area contributed by atoms with Gasteiger partial charge >= 0.3 is 7.04 Å². The number of pyridine rings is 2. The third-order valence-electron chi connectivity index (χ3n) is 3.54. The molecule has 1 aliphatic rings. The zero-order valence-electron chi connectivity index (χ0n) is 12.4. The molecule has 0 saturated carbocycles. The summed E-state index contributed by atoms with van der Waals surface area (Å²) in [4.78, 5) is 15.5. The average Bonchev–Trinajstić information content (AvgIpc) is 2.45. The molecule has 23 heavy (non-hydrogen) atoms. The van der Waals surface area contributed by atoms with Crippen LogP contribution < -0.4 is 9.79 Å². The molecule has 0 fully saturated rings. The summed E-state index contributed by atoms with van der Waals surface area (Å²) in [6.45, 7) is 3.29. The highest BCUT2D eigenvalue weighted by Gasteiger charge is 2.45. The summed E-state index contributed by atoms with van der Waals surface area (Å²) in [6, 6.07) is 4.83. The largest absolute Gasteiger partial charge is 0.734 e. The Morgan fingerprint density at radius 1 is 1.43 bits per heavy atom. The first-order valence-corrected chi connectivity index (χ1v) is 7.45. The Hall–Kier alpha value is -2.22. The number of anilines is 1. The van der Waals surface area contributed by atoms with Crippen molar-refractivity contribution < 1.29 is 22.6 Å². The van der Waals surface area contributed by atoms with Gasteiger partial charge in [-0.05, 0) is 36.5 Å². The first kappa shape index (κ1) is 15.7. The highest BCUT2D eigenvalue weighted by molar-refractivity contribution is 6.50. The molecule has 1 N–H and O–H groups in total. The minimum atomic E-state index is -4.30. The Labute approximate surface area is 136 Å². The van der Waals surface area contributed by atoms with Crippen LogP contribution >= 0.6 is 11.6 Å². The van der Waals surface area contributed by atoms with E-state index in [0.29, 0.717) is 11.1 Å². The van der Waals surface area contributed by atoms with Crippen molar-refractivity contribution in [2.45, 2.75) is 13.8 Å². The van der Waals surface area contributed by atoms with Crippen LogP contribution in [0.25, 0.3) is 17.1 Å². The molecule has 2 aromatic heterocycles. The quantitative estimate of drug-likeness (QED) is 0.676. The summed E-state index contributed by atoms with van der Waals surface area (Å²) < 4.78 is 34.2. The Morgan fingerprint density at radius 2 is 2.17 bits per heavy atom. The number of carbonyl (C=O) groups excluding carboxylic acids is 1. The van der Waals surface area contributed by atoms with Crippen molar-refractivity contribution in [1.82, 2.24) is 4.98 Å². The number of halogens is 3. The van der Waals surface area contributed by atoms with Crippen molar-refractivity contribution in [2.75, 3.05) is 11.2 Å². The van der Waals surface area contributed by atoms with Gasteiger partial charge < -0.3 is 17.8 Å². The Morgan fingerprint density at radius 3 is 2.87 bits per heavy atom. The van der Waals surface area contributed by atoms with E-state index in [-0.39, 0.29) is 23.1 Å². The van der Waals surface area contributed by atoms with Gasteiger partial charge in [-0.15, -0.1) is 11.6 Å². The van der Waals surface area contributed by atoms with Gasteiger partial charge in [0.05, 0.1) is 16.8 Å². The number of aromatic nitrogens is 2. The topological polar surface area (TPSA) is 55.1 Å². The molecule has 0 spiro atoms. The van der Waals surface area contributed by atoms with Gasteiger partial charge in [0.1, 0.15) is 5.88 Å². The lowest BCUT2D eigenvalue weighted by atomic mass is 9.97. The summed E-state index contributed by atoms with van der Waals surface area (Å²) in [5.74, 6) is -0.417. The molecule has 0 radical (unpaired) electrons. The fourth-order valence-electron chi connectivity index (χ4n) is 2.62. The number of hydrogen-bond donors (Lipinski definition) is 1. The lowest BCUT2D eigenvalue weighted by Gasteiger charge is -2.30. The second kappa shape index (κ2) is 5.45. The van der Waals surface area contributed by atoms with Crippen molar-refractivity contribution in [3.05, 3.63) is 35.2 Å². The number of nitrogens with one attached hydrogen (secondary N) is 1. The third-order valence-corrected chi connectivity index (χ3v) is 3.78. The normalized spacial score (nSPS) is 15.6. The Bertz CT molecular complexity index is 858. The number of nitrogens with zero attached hydrogens (tertiary/aromatic N) is 2. The lowest BCUT2D eigenvalue weighted by molar-refractivity contribution is -0.560. The number of rotatable bonds is 2. The first-order chi connectivity index (χ1) is 10.8.